The molecule has 0 saturated heterocycles. The predicted molar refractivity (Wildman–Crippen MR) is 110 cm³/mol. The Hall–Kier alpha value is -3.29. The van der Waals surface area contributed by atoms with Gasteiger partial charge in [-0.15, -0.1) is 0 Å². The molecule has 0 radical (unpaired) electrons. The van der Waals surface area contributed by atoms with E-state index < -0.39 is 35.9 Å². The number of ketones is 1. The molecule has 0 aliphatic carbocycles. The number of amides is 1. The van der Waals surface area contributed by atoms with E-state index in [1.807, 2.05) is 25.1 Å². The smallest absolute Gasteiger partial charge is 0.328 e. The maximum atomic E-state index is 12.5. The average molecular weight is 414 g/mol. The Balaban J connectivity index is 2.08. The zero-order chi connectivity index (χ0) is 22.3. The van der Waals surface area contributed by atoms with Crippen molar-refractivity contribution < 1.29 is 29.0 Å². The number of ether oxygens (including phenoxy) is 1. The van der Waals surface area contributed by atoms with Crippen molar-refractivity contribution in [2.24, 2.45) is 0 Å². The molecule has 0 aliphatic heterocycles. The molecule has 0 spiro atoms. The van der Waals surface area contributed by atoms with Crippen LogP contribution in [0.4, 0.5) is 0 Å². The third-order valence-corrected chi connectivity index (χ3v) is 4.47. The summed E-state index contributed by atoms with van der Waals surface area (Å²) in [7, 11) is 0. The number of aryl methyl sites for hydroxylation is 1. The molecule has 1 aromatic heterocycles. The molecule has 9 nitrogen and oxygen atoms in total. The van der Waals surface area contributed by atoms with E-state index in [0.717, 1.165) is 28.2 Å². The topological polar surface area (TPSA) is 145 Å². The number of benzene rings is 1. The molecule has 0 fully saturated rings. The lowest BCUT2D eigenvalue weighted by Crippen LogP contribution is -2.47. The number of nitrogens with zero attached hydrogens (tertiary/aromatic N) is 2. The van der Waals surface area contributed by atoms with Crippen molar-refractivity contribution >= 4 is 34.8 Å². The van der Waals surface area contributed by atoms with Crippen LogP contribution in [0.25, 0.3) is 16.4 Å². The first kappa shape index (κ1) is 23.0. The molecule has 1 amide bonds. The van der Waals surface area contributed by atoms with E-state index in [4.69, 9.17) is 10.3 Å². The van der Waals surface area contributed by atoms with Gasteiger partial charge in [0, 0.05) is 29.9 Å². The number of aromatic amines is 1. The molecule has 9 heteroatoms. The Kier molecular flexibility index (Phi) is 8.03. The van der Waals surface area contributed by atoms with Crippen LogP contribution >= 0.6 is 0 Å². The summed E-state index contributed by atoms with van der Waals surface area (Å²) < 4.78 is 5.13. The van der Waals surface area contributed by atoms with E-state index in [2.05, 4.69) is 15.1 Å². The number of rotatable bonds is 10. The number of nitrogens with one attached hydrogen (secondary N) is 2. The molecule has 160 valence electrons. The van der Waals surface area contributed by atoms with Crippen molar-refractivity contribution in [2.45, 2.75) is 58.3 Å². The van der Waals surface area contributed by atoms with Crippen LogP contribution in [-0.2, 0) is 25.5 Å². The lowest BCUT2D eigenvalue weighted by atomic mass is 10.0. The van der Waals surface area contributed by atoms with Crippen molar-refractivity contribution in [1.82, 2.24) is 10.3 Å². The number of carbonyl (C=O) groups is 3. The highest BCUT2D eigenvalue weighted by Crippen LogP contribution is 2.21. The number of aliphatic hydroxyl groups excluding tert-OH is 1. The van der Waals surface area contributed by atoms with Crippen LogP contribution < -0.4 is 5.32 Å². The second kappa shape index (κ2) is 10.5. The van der Waals surface area contributed by atoms with Crippen molar-refractivity contribution in [3.05, 3.63) is 41.1 Å². The fourth-order valence-electron chi connectivity index (χ4n) is 3.01. The van der Waals surface area contributed by atoms with Gasteiger partial charge in [-0.1, -0.05) is 11.6 Å². The van der Waals surface area contributed by atoms with Gasteiger partial charge in [0.05, 0.1) is 6.10 Å². The van der Waals surface area contributed by atoms with Crippen molar-refractivity contribution in [3.8, 4) is 0 Å². The molecular formula is C21H26N4O5. The highest BCUT2D eigenvalue weighted by molar-refractivity contribution is 6.25. The zero-order valence-corrected chi connectivity index (χ0v) is 17.2. The number of aromatic nitrogens is 1. The summed E-state index contributed by atoms with van der Waals surface area (Å²) in [6.45, 7) is 5.27. The van der Waals surface area contributed by atoms with Gasteiger partial charge in [0.2, 0.25) is 11.7 Å². The van der Waals surface area contributed by atoms with Gasteiger partial charge in [0.15, 0.2) is 0 Å². The molecule has 0 bridgehead atoms. The predicted octanol–water partition coefficient (Wildman–Crippen LogP) is 1.47. The quantitative estimate of drug-likeness (QED) is 0.233. The van der Waals surface area contributed by atoms with Crippen LogP contribution in [0.2, 0.25) is 0 Å². The standard InChI is InChI=1S/C21H26N4O5/c1-12(2)30-21(29)18(7-5-15(26)11-24-22)25-20(28)19(27)9-14-10-23-17-6-4-13(3)8-16(14)17/h4,6,8,10-12,18-19,23,27H,5,7,9H2,1-3H3,(H,25,28)/t18-,19-/m0/s1. The molecule has 1 heterocycles. The van der Waals surface area contributed by atoms with Crippen molar-refractivity contribution in [2.75, 3.05) is 0 Å². The summed E-state index contributed by atoms with van der Waals surface area (Å²) >= 11 is 0. The number of carbonyl (C=O) groups excluding carboxylic acids is 3. The third-order valence-electron chi connectivity index (χ3n) is 4.47. The molecule has 2 rings (SSSR count). The molecule has 3 N–H and O–H groups in total. The molecular weight excluding hydrogens is 388 g/mol. The van der Waals surface area contributed by atoms with Crippen LogP contribution in [0.15, 0.2) is 24.4 Å². The second-order valence-corrected chi connectivity index (χ2v) is 7.38. The SMILES string of the molecule is Cc1ccc2[nH]cc(C[C@H](O)C(=O)N[C@@H](CCC(=O)C=[N+]=[N-])C(=O)OC(C)C)c2c1. The van der Waals surface area contributed by atoms with E-state index in [1.165, 1.54) is 0 Å². The van der Waals surface area contributed by atoms with Crippen molar-refractivity contribution in [1.29, 1.82) is 0 Å². The summed E-state index contributed by atoms with van der Waals surface area (Å²) in [5.41, 5.74) is 11.1. The highest BCUT2D eigenvalue weighted by atomic mass is 16.5. The Morgan fingerprint density at radius 3 is 2.73 bits per heavy atom. The van der Waals surface area contributed by atoms with Gasteiger partial charge in [-0.25, -0.2) is 4.79 Å². The van der Waals surface area contributed by atoms with Gasteiger partial charge in [-0.3, -0.25) is 9.59 Å². The molecule has 1 aromatic carbocycles. The van der Waals surface area contributed by atoms with Crippen molar-refractivity contribution in [3.63, 3.8) is 0 Å². The van der Waals surface area contributed by atoms with E-state index in [1.54, 1.807) is 20.0 Å². The minimum absolute atomic E-state index is 0.0529. The number of Topliss-reactive ketones (excluding diaryl/α,β-unsaturated/α-hetero) is 1. The highest BCUT2D eigenvalue weighted by Gasteiger charge is 2.27. The van der Waals surface area contributed by atoms with Crippen LogP contribution in [0, 0.1) is 6.92 Å². The normalized spacial score (nSPS) is 12.8. The lowest BCUT2D eigenvalue weighted by Gasteiger charge is -2.20. The second-order valence-electron chi connectivity index (χ2n) is 7.38. The summed E-state index contributed by atoms with van der Waals surface area (Å²) in [4.78, 5) is 42.1. The minimum atomic E-state index is -1.39. The summed E-state index contributed by atoms with van der Waals surface area (Å²) in [5.74, 6) is -1.96. The van der Waals surface area contributed by atoms with Gasteiger partial charge in [-0.2, -0.15) is 4.79 Å². The number of hydrogen-bond donors (Lipinski definition) is 3. The first-order chi connectivity index (χ1) is 14.2. The van der Waals surface area contributed by atoms with E-state index in [0.29, 0.717) is 0 Å². The Bertz CT molecular complexity index is 975. The number of hydrogen-bond acceptors (Lipinski definition) is 5. The molecule has 2 atom stereocenters. The zero-order valence-electron chi connectivity index (χ0n) is 17.2. The maximum absolute atomic E-state index is 12.5. The number of H-pyrrole nitrogens is 1. The number of aliphatic hydroxyl groups is 1. The van der Waals surface area contributed by atoms with Gasteiger partial charge in [0.1, 0.15) is 12.1 Å². The molecule has 2 aromatic rings. The lowest BCUT2D eigenvalue weighted by molar-refractivity contribution is -0.152. The van der Waals surface area contributed by atoms with Gasteiger partial charge < -0.3 is 25.7 Å². The molecule has 0 aliphatic rings. The molecule has 0 saturated carbocycles. The fourth-order valence-corrected chi connectivity index (χ4v) is 3.01. The summed E-state index contributed by atoms with van der Waals surface area (Å²) in [6.07, 6.45) is 0.511. The Labute approximate surface area is 174 Å². The third kappa shape index (κ3) is 6.37. The van der Waals surface area contributed by atoms with Crippen LogP contribution in [-0.4, -0.2) is 57.0 Å². The van der Waals surface area contributed by atoms with Crippen LogP contribution in [0.1, 0.15) is 37.8 Å². The number of fused-ring (bicyclic) bond motifs is 1. The molecule has 30 heavy (non-hydrogen) atoms. The van der Waals surface area contributed by atoms with Gasteiger partial charge in [-0.05, 0) is 44.9 Å². The largest absolute Gasteiger partial charge is 0.461 e. The van der Waals surface area contributed by atoms with Crippen LogP contribution in [0.3, 0.4) is 0 Å². The van der Waals surface area contributed by atoms with Gasteiger partial charge in [0.25, 0.3) is 0 Å². The average Bonchev–Trinajstić information content (AvgIpc) is 3.06. The molecule has 0 unspecified atom stereocenters. The summed E-state index contributed by atoms with van der Waals surface area (Å²) in [5, 5.41) is 13.8. The Morgan fingerprint density at radius 2 is 2.07 bits per heavy atom. The Morgan fingerprint density at radius 1 is 1.33 bits per heavy atom. The van der Waals surface area contributed by atoms with E-state index in [9.17, 15) is 19.5 Å². The first-order valence-corrected chi connectivity index (χ1v) is 9.67. The monoisotopic (exact) mass is 414 g/mol. The van der Waals surface area contributed by atoms with Crippen LogP contribution in [0.5, 0.6) is 0 Å². The minimum Gasteiger partial charge on any atom is -0.461 e. The summed E-state index contributed by atoms with van der Waals surface area (Å²) in [6, 6.07) is 4.73. The van der Waals surface area contributed by atoms with E-state index >= 15 is 0 Å². The first-order valence-electron chi connectivity index (χ1n) is 9.67. The fraction of sp³-hybridized carbons (Fsp3) is 0.429. The maximum Gasteiger partial charge on any atom is 0.328 e. The van der Waals surface area contributed by atoms with E-state index in [-0.39, 0.29) is 19.3 Å². The number of esters is 1. The van der Waals surface area contributed by atoms with Gasteiger partial charge >= 0.3 is 12.2 Å².